The van der Waals surface area contributed by atoms with Crippen molar-refractivity contribution < 1.29 is 4.74 Å². The van der Waals surface area contributed by atoms with E-state index in [4.69, 9.17) is 10.5 Å². The number of nitrogens with two attached hydrogens (primary N) is 1. The maximum atomic E-state index is 6.23. The second-order valence-electron chi connectivity index (χ2n) is 6.02. The molecule has 0 fully saturated rings. The van der Waals surface area contributed by atoms with Crippen molar-refractivity contribution in [2.24, 2.45) is 5.73 Å². The summed E-state index contributed by atoms with van der Waals surface area (Å²) in [4.78, 5) is 6.94. The van der Waals surface area contributed by atoms with E-state index in [0.29, 0.717) is 0 Å². The zero-order valence-corrected chi connectivity index (χ0v) is 14.7. The number of ether oxygens (including phenoxy) is 1. The topological polar surface area (TPSA) is 51.4 Å². The smallest absolute Gasteiger partial charge is 0.128 e. The maximum absolute atomic E-state index is 6.23. The first-order chi connectivity index (χ1) is 10.6. The van der Waals surface area contributed by atoms with Gasteiger partial charge in [-0.2, -0.15) is 0 Å². The minimum atomic E-state index is 0. The molecule has 0 bridgehead atoms. The number of aryl methyl sites for hydroxylation is 1. The third-order valence-electron chi connectivity index (χ3n) is 4.36. The third kappa shape index (κ3) is 3.43. The summed E-state index contributed by atoms with van der Waals surface area (Å²) < 4.78 is 5.51. The first kappa shape index (κ1) is 17.6. The quantitative estimate of drug-likeness (QED) is 0.938. The van der Waals surface area contributed by atoms with Crippen LogP contribution in [0.15, 0.2) is 30.5 Å². The minimum absolute atomic E-state index is 0. The number of anilines is 1. The zero-order valence-electron chi connectivity index (χ0n) is 13.9. The molecule has 1 aromatic heterocycles. The first-order valence-electron chi connectivity index (χ1n) is 7.67. The van der Waals surface area contributed by atoms with Crippen LogP contribution in [0, 0.1) is 13.8 Å². The van der Waals surface area contributed by atoms with E-state index < -0.39 is 0 Å². The Hall–Kier alpha value is -1.78. The number of pyridine rings is 1. The Labute approximate surface area is 144 Å². The summed E-state index contributed by atoms with van der Waals surface area (Å²) in [5, 5.41) is 0. The molecular formula is C18H24ClN3O. The molecule has 2 heterocycles. The number of benzene rings is 1. The molecule has 1 aliphatic heterocycles. The minimum Gasteiger partial charge on any atom is -0.496 e. The molecule has 0 saturated carbocycles. The highest BCUT2D eigenvalue weighted by molar-refractivity contribution is 5.85. The van der Waals surface area contributed by atoms with Crippen LogP contribution >= 0.6 is 12.4 Å². The van der Waals surface area contributed by atoms with E-state index in [-0.39, 0.29) is 18.4 Å². The highest BCUT2D eigenvalue weighted by atomic mass is 35.5. The summed E-state index contributed by atoms with van der Waals surface area (Å²) in [5.74, 6) is 0.930. The summed E-state index contributed by atoms with van der Waals surface area (Å²) in [6, 6.07) is 8.66. The highest BCUT2D eigenvalue weighted by Crippen LogP contribution is 2.30. The van der Waals surface area contributed by atoms with Crippen molar-refractivity contribution in [2.75, 3.05) is 18.6 Å². The number of hydrogen-bond donors (Lipinski definition) is 1. The fourth-order valence-corrected chi connectivity index (χ4v) is 3.28. The average Bonchev–Trinajstić information content (AvgIpc) is 2.50. The van der Waals surface area contributed by atoms with Gasteiger partial charge in [-0.3, -0.25) is 4.98 Å². The van der Waals surface area contributed by atoms with Crippen LogP contribution in [0.3, 0.4) is 0 Å². The van der Waals surface area contributed by atoms with Crippen LogP contribution in [0.25, 0.3) is 0 Å². The lowest BCUT2D eigenvalue weighted by Crippen LogP contribution is -2.43. The number of para-hydroxylation sites is 1. The standard InChI is InChI=1S/C18H23N3O.ClH/c1-12-9-20-16(13(2)18(12)22-3)11-21-10-15(19)8-14-6-4-5-7-17(14)21;/h4-7,9,15H,8,10-11,19H2,1-3H3;1H. The molecule has 124 valence electrons. The number of nitrogens with zero attached hydrogens (tertiary/aromatic N) is 2. The van der Waals surface area contributed by atoms with Crippen molar-refractivity contribution in [1.82, 2.24) is 4.98 Å². The average molecular weight is 334 g/mol. The molecule has 2 N–H and O–H groups in total. The van der Waals surface area contributed by atoms with Gasteiger partial charge < -0.3 is 15.4 Å². The van der Waals surface area contributed by atoms with E-state index in [2.05, 4.69) is 41.1 Å². The largest absolute Gasteiger partial charge is 0.496 e. The predicted octanol–water partition coefficient (Wildman–Crippen LogP) is 3.02. The highest BCUT2D eigenvalue weighted by Gasteiger charge is 2.23. The third-order valence-corrected chi connectivity index (χ3v) is 4.36. The monoisotopic (exact) mass is 333 g/mol. The Morgan fingerprint density at radius 1 is 1.30 bits per heavy atom. The van der Waals surface area contributed by atoms with Crippen molar-refractivity contribution >= 4 is 18.1 Å². The number of aromatic nitrogens is 1. The molecule has 1 unspecified atom stereocenters. The van der Waals surface area contributed by atoms with Gasteiger partial charge in [-0.1, -0.05) is 18.2 Å². The van der Waals surface area contributed by atoms with Crippen LogP contribution in [0.1, 0.15) is 22.4 Å². The van der Waals surface area contributed by atoms with E-state index in [1.165, 1.54) is 11.3 Å². The number of fused-ring (bicyclic) bond motifs is 1. The number of hydrogen-bond acceptors (Lipinski definition) is 4. The molecule has 1 aromatic carbocycles. The predicted molar refractivity (Wildman–Crippen MR) is 96.7 cm³/mol. The van der Waals surface area contributed by atoms with Crippen molar-refractivity contribution in [1.29, 1.82) is 0 Å². The van der Waals surface area contributed by atoms with Gasteiger partial charge in [0, 0.05) is 35.6 Å². The SMILES string of the molecule is COc1c(C)cnc(CN2CC(N)Cc3ccccc32)c1C.Cl. The Kier molecular flexibility index (Phi) is 5.50. The van der Waals surface area contributed by atoms with E-state index in [0.717, 1.165) is 42.1 Å². The number of rotatable bonds is 3. The molecule has 1 atom stereocenters. The lowest BCUT2D eigenvalue weighted by Gasteiger charge is -2.34. The van der Waals surface area contributed by atoms with Gasteiger partial charge in [0.05, 0.1) is 19.3 Å². The molecule has 0 radical (unpaired) electrons. The summed E-state index contributed by atoms with van der Waals surface area (Å²) >= 11 is 0. The second kappa shape index (κ2) is 7.20. The number of halogens is 1. The maximum Gasteiger partial charge on any atom is 0.128 e. The first-order valence-corrected chi connectivity index (χ1v) is 7.67. The lowest BCUT2D eigenvalue weighted by atomic mass is 9.98. The summed E-state index contributed by atoms with van der Waals surface area (Å²) in [5.41, 5.74) is 12.0. The summed E-state index contributed by atoms with van der Waals surface area (Å²) in [6.07, 6.45) is 2.83. The molecule has 5 heteroatoms. The molecule has 0 saturated heterocycles. The Morgan fingerprint density at radius 2 is 2.04 bits per heavy atom. The Bertz CT molecular complexity index is 690. The fraction of sp³-hybridized carbons (Fsp3) is 0.389. The van der Waals surface area contributed by atoms with Crippen LogP contribution in [-0.2, 0) is 13.0 Å². The van der Waals surface area contributed by atoms with E-state index in [1.54, 1.807) is 7.11 Å². The van der Waals surface area contributed by atoms with Crippen LogP contribution in [0.4, 0.5) is 5.69 Å². The van der Waals surface area contributed by atoms with Crippen LogP contribution in [0.5, 0.6) is 5.75 Å². The molecule has 0 amide bonds. The van der Waals surface area contributed by atoms with E-state index >= 15 is 0 Å². The van der Waals surface area contributed by atoms with Crippen LogP contribution in [-0.4, -0.2) is 24.7 Å². The van der Waals surface area contributed by atoms with Gasteiger partial charge in [-0.25, -0.2) is 0 Å². The molecule has 0 aliphatic carbocycles. The summed E-state index contributed by atoms with van der Waals surface area (Å²) in [6.45, 7) is 5.71. The molecule has 2 aromatic rings. The van der Waals surface area contributed by atoms with Crippen molar-refractivity contribution in [2.45, 2.75) is 32.9 Å². The molecule has 3 rings (SSSR count). The molecular weight excluding hydrogens is 310 g/mol. The lowest BCUT2D eigenvalue weighted by molar-refractivity contribution is 0.406. The van der Waals surface area contributed by atoms with Crippen LogP contribution in [0.2, 0.25) is 0 Å². The normalized spacial score (nSPS) is 16.5. The van der Waals surface area contributed by atoms with E-state index in [1.807, 2.05) is 13.1 Å². The van der Waals surface area contributed by atoms with Gasteiger partial charge in [0.25, 0.3) is 0 Å². The number of methoxy groups -OCH3 is 1. The Balaban J connectivity index is 0.00000192. The second-order valence-corrected chi connectivity index (χ2v) is 6.02. The fourth-order valence-electron chi connectivity index (χ4n) is 3.28. The van der Waals surface area contributed by atoms with Gasteiger partial charge in [-0.15, -0.1) is 12.4 Å². The molecule has 23 heavy (non-hydrogen) atoms. The van der Waals surface area contributed by atoms with Gasteiger partial charge in [0.2, 0.25) is 0 Å². The summed E-state index contributed by atoms with van der Waals surface area (Å²) in [7, 11) is 1.71. The van der Waals surface area contributed by atoms with Gasteiger partial charge in [0.15, 0.2) is 0 Å². The van der Waals surface area contributed by atoms with Crippen LogP contribution < -0.4 is 15.4 Å². The Morgan fingerprint density at radius 3 is 2.78 bits per heavy atom. The van der Waals surface area contributed by atoms with Crippen molar-refractivity contribution in [3.8, 4) is 5.75 Å². The molecule has 1 aliphatic rings. The zero-order chi connectivity index (χ0) is 15.7. The molecule has 4 nitrogen and oxygen atoms in total. The van der Waals surface area contributed by atoms with Gasteiger partial charge >= 0.3 is 0 Å². The van der Waals surface area contributed by atoms with Gasteiger partial charge in [0.1, 0.15) is 5.75 Å². The molecule has 0 spiro atoms. The van der Waals surface area contributed by atoms with Crippen molar-refractivity contribution in [3.63, 3.8) is 0 Å². The van der Waals surface area contributed by atoms with E-state index in [9.17, 15) is 0 Å². The van der Waals surface area contributed by atoms with Gasteiger partial charge in [-0.05, 0) is 31.9 Å². The van der Waals surface area contributed by atoms with Crippen molar-refractivity contribution in [3.05, 3.63) is 52.8 Å².